The fourth-order valence-electron chi connectivity index (χ4n) is 6.09. The molecular weight excluding hydrogens is 939 g/mol. The number of hydrogen-bond acceptors (Lipinski definition) is 18. The summed E-state index contributed by atoms with van der Waals surface area (Å²) >= 11 is 1.13. The first-order valence-electron chi connectivity index (χ1n) is 20.9. The zero-order valence-corrected chi connectivity index (χ0v) is 40.0. The number of nitrogens with zero attached hydrogens (tertiary/aromatic N) is 4. The van der Waals surface area contributed by atoms with Crippen LogP contribution in [0.4, 0.5) is 5.82 Å². The second-order valence-corrected chi connectivity index (χ2v) is 21.0. The Balaban J connectivity index is 1.34. The number of aromatic nitrogens is 4. The number of allylic oxidation sites excluding steroid dienone is 4. The van der Waals surface area contributed by atoms with Crippen LogP contribution >= 0.6 is 35.2 Å². The summed E-state index contributed by atoms with van der Waals surface area (Å²) in [6.07, 6.45) is 11.8. The highest BCUT2D eigenvalue weighted by Gasteiger charge is 2.50. The van der Waals surface area contributed by atoms with E-state index in [1.165, 1.54) is 33.1 Å². The lowest BCUT2D eigenvalue weighted by Gasteiger charge is -2.30. The summed E-state index contributed by atoms with van der Waals surface area (Å²) in [5, 5.41) is 26.6. The van der Waals surface area contributed by atoms with Crippen molar-refractivity contribution in [1.82, 2.24) is 30.2 Å². The Morgan fingerprint density at radius 1 is 0.938 bits per heavy atom. The molecule has 2 aromatic heterocycles. The van der Waals surface area contributed by atoms with E-state index in [1.807, 2.05) is 0 Å². The van der Waals surface area contributed by atoms with Gasteiger partial charge in [0.1, 0.15) is 36.3 Å². The highest BCUT2D eigenvalue weighted by molar-refractivity contribution is 8.13. The molecule has 1 aliphatic rings. The smallest absolute Gasteiger partial charge is 0.386 e. The molecule has 1 aliphatic heterocycles. The van der Waals surface area contributed by atoms with E-state index in [1.54, 1.807) is 0 Å². The Morgan fingerprint density at radius 2 is 1.62 bits per heavy atom. The molecule has 0 aromatic carbocycles. The van der Waals surface area contributed by atoms with Crippen molar-refractivity contribution in [3.63, 3.8) is 0 Å². The molecule has 0 bridgehead atoms. The fourth-order valence-corrected chi connectivity index (χ4v) is 9.64. The highest BCUT2D eigenvalue weighted by atomic mass is 32.2. The number of unbranched alkanes of at least 4 members (excludes halogenated alkanes) is 6. The number of hydrogen-bond donors (Lipinski definition) is 9. The zero-order valence-electron chi connectivity index (χ0n) is 36.5. The van der Waals surface area contributed by atoms with Gasteiger partial charge in [-0.05, 0) is 38.5 Å². The molecule has 0 spiro atoms. The first kappa shape index (κ1) is 56.4. The number of nitrogens with two attached hydrogens (primary N) is 1. The average Bonchev–Trinajstić information content (AvgIpc) is 3.79. The van der Waals surface area contributed by atoms with Crippen molar-refractivity contribution < 1.29 is 80.5 Å². The number of imidazole rings is 1. The molecule has 0 radical (unpaired) electrons. The van der Waals surface area contributed by atoms with Gasteiger partial charge >= 0.3 is 23.5 Å². The summed E-state index contributed by atoms with van der Waals surface area (Å²) in [6.45, 7) is 2.73. The van der Waals surface area contributed by atoms with Crippen LogP contribution in [0, 0.1) is 5.41 Å². The molecule has 2 amide bonds. The van der Waals surface area contributed by atoms with E-state index in [4.69, 9.17) is 19.5 Å². The number of phosphoric acid groups is 3. The first-order valence-corrected chi connectivity index (χ1v) is 26.4. The number of anilines is 1. The van der Waals surface area contributed by atoms with Gasteiger partial charge in [0.05, 0.1) is 19.5 Å². The summed E-state index contributed by atoms with van der Waals surface area (Å²) in [4.78, 5) is 88.2. The monoisotopic (exact) mass is 1000 g/mol. The lowest BCUT2D eigenvalue weighted by molar-refractivity contribution is -0.137. The minimum absolute atomic E-state index is 0.0318. The maximum atomic E-state index is 12.7. The molecule has 0 aliphatic carbocycles. The van der Waals surface area contributed by atoms with Gasteiger partial charge in [0.2, 0.25) is 11.8 Å². The normalized spacial score (nSPS) is 20.6. The third kappa shape index (κ3) is 20.4. The lowest BCUT2D eigenvalue weighted by atomic mass is 9.87. The third-order valence-electron chi connectivity index (χ3n) is 9.60. The molecule has 24 nitrogen and oxygen atoms in total. The van der Waals surface area contributed by atoms with Gasteiger partial charge in [0.15, 0.2) is 22.8 Å². The number of rotatable bonds is 31. The number of phosphoric ester groups is 3. The Hall–Kier alpha value is -2.96. The van der Waals surface area contributed by atoms with Crippen LogP contribution in [0.2, 0.25) is 0 Å². The lowest BCUT2D eigenvalue weighted by Crippen LogP contribution is -2.46. The SMILES string of the molecule is CCCCC/C=C\C/C=C\CCCCCC(=O)SCCNC(=O)CCNC(=O)[C@H](O)C(C)(C)COP(=O)(O)OP(=O)(O)OC[C@H]1O[C@@H](n2cnc3c(N)ncnc32)[C@H](O)[C@@H]1OP(=O)(O)O. The van der Waals surface area contributed by atoms with Crippen LogP contribution in [0.25, 0.3) is 11.2 Å². The number of amides is 2. The van der Waals surface area contributed by atoms with Crippen molar-refractivity contribution in [3.8, 4) is 0 Å². The second-order valence-electron chi connectivity index (χ2n) is 15.6. The van der Waals surface area contributed by atoms with Gasteiger partial charge in [-0.25, -0.2) is 28.6 Å². The molecule has 7 atom stereocenters. The number of ether oxygens (including phenoxy) is 1. The number of nitrogens with one attached hydrogen (secondary N) is 2. The minimum Gasteiger partial charge on any atom is -0.386 e. The van der Waals surface area contributed by atoms with Crippen LogP contribution in [0.1, 0.15) is 97.6 Å². The Kier molecular flexibility index (Phi) is 23.5. The second kappa shape index (κ2) is 27.1. The highest BCUT2D eigenvalue weighted by Crippen LogP contribution is 2.61. The predicted molar refractivity (Wildman–Crippen MR) is 237 cm³/mol. The summed E-state index contributed by atoms with van der Waals surface area (Å²) in [7, 11) is -16.4. The standard InChI is InChI=1S/C37H62N7O17P3S/c1-4-5-6-7-8-9-10-11-12-13-14-15-16-17-28(46)65-21-20-39-27(45)18-19-40-35(49)32(48)37(2,3)23-58-64(55,56)61-63(53,54)57-22-26-31(60-62(50,51)52)30(47)36(59-26)44-25-43-29-33(38)41-24-42-34(29)44/h8-9,11-12,24-26,30-32,36,47-48H,4-7,10,13-23H2,1-3H3,(H,39,45)(H,40,49)(H,53,54)(H,55,56)(H2,38,41,42)(H2,50,51,52)/b9-8-,12-11-/t26-,30-,31-,32+,36-/m1/s1. The van der Waals surface area contributed by atoms with E-state index >= 15 is 0 Å². The molecule has 10 N–H and O–H groups in total. The molecular formula is C37H62N7O17P3S. The molecule has 1 saturated heterocycles. The van der Waals surface area contributed by atoms with Gasteiger partial charge in [-0.1, -0.05) is 76.1 Å². The number of carbonyl (C=O) groups excluding carboxylic acids is 3. The van der Waals surface area contributed by atoms with Crippen molar-refractivity contribution in [1.29, 1.82) is 0 Å². The fraction of sp³-hybridized carbons (Fsp3) is 0.676. The van der Waals surface area contributed by atoms with Crippen molar-refractivity contribution in [2.75, 3.05) is 37.8 Å². The topological polar surface area (TPSA) is 364 Å². The van der Waals surface area contributed by atoms with Gasteiger partial charge in [-0.3, -0.25) is 32.5 Å². The van der Waals surface area contributed by atoms with Crippen LogP contribution in [0.3, 0.4) is 0 Å². The van der Waals surface area contributed by atoms with Gasteiger partial charge < -0.3 is 50.9 Å². The molecule has 3 heterocycles. The van der Waals surface area contributed by atoms with Crippen molar-refractivity contribution in [2.24, 2.45) is 5.41 Å². The van der Waals surface area contributed by atoms with E-state index in [-0.39, 0.29) is 41.6 Å². The molecule has 0 saturated carbocycles. The van der Waals surface area contributed by atoms with E-state index in [9.17, 15) is 57.9 Å². The largest absolute Gasteiger partial charge is 0.481 e. The molecule has 65 heavy (non-hydrogen) atoms. The summed E-state index contributed by atoms with van der Waals surface area (Å²) in [6, 6.07) is 0. The Bertz CT molecular complexity index is 2050. The Labute approximate surface area is 381 Å². The molecule has 2 unspecified atom stereocenters. The van der Waals surface area contributed by atoms with Crippen LogP contribution in [0.15, 0.2) is 37.0 Å². The zero-order chi connectivity index (χ0) is 48.3. The molecule has 1 fully saturated rings. The number of aliphatic hydroxyl groups is 2. The summed E-state index contributed by atoms with van der Waals surface area (Å²) in [5.74, 6) is -1.05. The van der Waals surface area contributed by atoms with Gasteiger partial charge in [0.25, 0.3) is 0 Å². The number of aliphatic hydroxyl groups excluding tert-OH is 2. The Morgan fingerprint density at radius 3 is 2.29 bits per heavy atom. The van der Waals surface area contributed by atoms with Gasteiger partial charge in [-0.2, -0.15) is 4.31 Å². The van der Waals surface area contributed by atoms with Crippen LogP contribution in [-0.2, 0) is 50.7 Å². The minimum atomic E-state index is -5.58. The predicted octanol–water partition coefficient (Wildman–Crippen LogP) is 3.70. The van der Waals surface area contributed by atoms with Crippen LogP contribution in [-0.4, -0.2) is 123 Å². The van der Waals surface area contributed by atoms with Gasteiger partial charge in [0, 0.05) is 37.1 Å². The van der Waals surface area contributed by atoms with E-state index in [2.05, 4.69) is 65.6 Å². The van der Waals surface area contributed by atoms with Crippen LogP contribution < -0.4 is 16.4 Å². The molecule has 2 aromatic rings. The van der Waals surface area contributed by atoms with Crippen molar-refractivity contribution in [2.45, 2.75) is 122 Å². The quantitative estimate of drug-likeness (QED) is 0.0295. The number of fused-ring (bicyclic) bond motifs is 1. The van der Waals surface area contributed by atoms with E-state index in [0.717, 1.165) is 67.5 Å². The molecule has 28 heteroatoms. The van der Waals surface area contributed by atoms with Crippen molar-refractivity contribution in [3.05, 3.63) is 37.0 Å². The summed E-state index contributed by atoms with van der Waals surface area (Å²) in [5.41, 5.74) is 4.28. The number of carbonyl (C=O) groups is 3. The number of thioether (sulfide) groups is 1. The average molecular weight is 1000 g/mol. The first-order chi connectivity index (χ1) is 30.6. The third-order valence-corrected chi connectivity index (χ3v) is 13.6. The van der Waals surface area contributed by atoms with E-state index < -0.39 is 84.6 Å². The molecule has 3 rings (SSSR count). The van der Waals surface area contributed by atoms with Crippen LogP contribution in [0.5, 0.6) is 0 Å². The maximum absolute atomic E-state index is 12.7. The van der Waals surface area contributed by atoms with Crippen molar-refractivity contribution >= 4 is 69.1 Å². The maximum Gasteiger partial charge on any atom is 0.481 e. The molecule has 368 valence electrons. The summed E-state index contributed by atoms with van der Waals surface area (Å²) < 4.78 is 62.4. The number of nitrogen functional groups attached to an aromatic ring is 1. The van der Waals surface area contributed by atoms with E-state index in [0.29, 0.717) is 12.2 Å². The van der Waals surface area contributed by atoms with Gasteiger partial charge in [-0.15, -0.1) is 0 Å².